The smallest absolute Gasteiger partial charge is 0.321 e. The highest BCUT2D eigenvalue weighted by molar-refractivity contribution is 5.89. The van der Waals surface area contributed by atoms with E-state index in [0.29, 0.717) is 19.6 Å². The molecule has 22 heavy (non-hydrogen) atoms. The van der Waals surface area contributed by atoms with Crippen molar-refractivity contribution in [2.75, 3.05) is 18.4 Å². The number of rotatable bonds is 3. The molecule has 1 aromatic heterocycles. The second kappa shape index (κ2) is 6.62. The number of urea groups is 1. The molecule has 1 aliphatic heterocycles. The van der Waals surface area contributed by atoms with Crippen molar-refractivity contribution >= 4 is 11.7 Å². The van der Waals surface area contributed by atoms with E-state index in [2.05, 4.69) is 10.4 Å². The van der Waals surface area contributed by atoms with Crippen molar-refractivity contribution in [2.45, 2.75) is 25.5 Å². The minimum atomic E-state index is -0.407. The van der Waals surface area contributed by atoms with Gasteiger partial charge in [-0.15, -0.1) is 0 Å². The summed E-state index contributed by atoms with van der Waals surface area (Å²) in [6.45, 7) is 1.81. The Labute approximate surface area is 129 Å². The zero-order valence-corrected chi connectivity index (χ0v) is 12.4. The molecular weight excluding hydrogens is 280 g/mol. The monoisotopic (exact) mass is 300 g/mol. The number of hydrogen-bond acceptors (Lipinski definition) is 3. The molecule has 0 bridgehead atoms. The third-order valence-corrected chi connectivity index (χ3v) is 3.79. The molecular formula is C16H20N4O2. The topological polar surface area (TPSA) is 70.4 Å². The molecule has 1 saturated heterocycles. The lowest BCUT2D eigenvalue weighted by Crippen LogP contribution is -2.44. The van der Waals surface area contributed by atoms with Crippen LogP contribution in [-0.4, -0.2) is 45.0 Å². The minimum Gasteiger partial charge on any atom is -0.391 e. The van der Waals surface area contributed by atoms with Crippen LogP contribution in [0.1, 0.15) is 18.4 Å². The Balaban J connectivity index is 1.57. The van der Waals surface area contributed by atoms with Crippen LogP contribution in [0.3, 0.4) is 0 Å². The number of piperidine rings is 1. The molecule has 0 unspecified atom stereocenters. The van der Waals surface area contributed by atoms with Crippen LogP contribution in [0, 0.1) is 0 Å². The second-order valence-electron chi connectivity index (χ2n) is 5.57. The van der Waals surface area contributed by atoms with Gasteiger partial charge in [-0.3, -0.25) is 4.68 Å². The number of benzene rings is 1. The largest absolute Gasteiger partial charge is 0.391 e. The normalized spacial score (nSPS) is 18.2. The Morgan fingerprint density at radius 3 is 2.86 bits per heavy atom. The van der Waals surface area contributed by atoms with E-state index in [0.717, 1.165) is 24.1 Å². The fraction of sp³-hybridized carbons (Fsp3) is 0.375. The summed E-state index contributed by atoms with van der Waals surface area (Å²) in [4.78, 5) is 13.8. The van der Waals surface area contributed by atoms with Gasteiger partial charge in [-0.25, -0.2) is 4.79 Å². The molecule has 2 amide bonds. The highest BCUT2D eigenvalue weighted by atomic mass is 16.3. The first-order chi connectivity index (χ1) is 10.7. The van der Waals surface area contributed by atoms with E-state index < -0.39 is 6.10 Å². The van der Waals surface area contributed by atoms with Crippen LogP contribution in [0.4, 0.5) is 10.5 Å². The van der Waals surface area contributed by atoms with Crippen molar-refractivity contribution in [3.8, 4) is 0 Å². The van der Waals surface area contributed by atoms with Gasteiger partial charge in [0.25, 0.3) is 0 Å². The van der Waals surface area contributed by atoms with E-state index in [-0.39, 0.29) is 6.03 Å². The van der Waals surface area contributed by atoms with Gasteiger partial charge in [0.1, 0.15) is 0 Å². The van der Waals surface area contributed by atoms with Gasteiger partial charge < -0.3 is 15.3 Å². The van der Waals surface area contributed by atoms with Gasteiger partial charge in [0, 0.05) is 31.2 Å². The van der Waals surface area contributed by atoms with Gasteiger partial charge >= 0.3 is 6.03 Å². The Morgan fingerprint density at radius 1 is 1.36 bits per heavy atom. The van der Waals surface area contributed by atoms with Crippen LogP contribution in [0.2, 0.25) is 0 Å². The Morgan fingerprint density at radius 2 is 2.18 bits per heavy atom. The van der Waals surface area contributed by atoms with Crippen LogP contribution < -0.4 is 5.32 Å². The lowest BCUT2D eigenvalue weighted by Gasteiger charge is -2.30. The molecule has 6 heteroatoms. The maximum absolute atomic E-state index is 12.1. The predicted molar refractivity (Wildman–Crippen MR) is 83.6 cm³/mol. The number of carbonyl (C=O) groups is 1. The summed E-state index contributed by atoms with van der Waals surface area (Å²) in [5.74, 6) is 0. The number of carbonyl (C=O) groups excluding carboxylic acids is 1. The third kappa shape index (κ3) is 3.65. The molecule has 0 radical (unpaired) electrons. The van der Waals surface area contributed by atoms with Crippen molar-refractivity contribution in [3.63, 3.8) is 0 Å². The zero-order chi connectivity index (χ0) is 15.4. The molecule has 3 rings (SSSR count). The lowest BCUT2D eigenvalue weighted by atomic mass is 10.1. The van der Waals surface area contributed by atoms with Crippen molar-refractivity contribution in [2.24, 2.45) is 0 Å². The summed E-state index contributed by atoms with van der Waals surface area (Å²) in [6.07, 6.45) is 4.87. The summed E-state index contributed by atoms with van der Waals surface area (Å²) in [6, 6.07) is 9.46. The van der Waals surface area contributed by atoms with E-state index in [1.807, 2.05) is 41.2 Å². The number of nitrogens with zero attached hydrogens (tertiary/aromatic N) is 3. The van der Waals surface area contributed by atoms with E-state index in [1.165, 1.54) is 0 Å². The fourth-order valence-electron chi connectivity index (χ4n) is 2.62. The van der Waals surface area contributed by atoms with Crippen LogP contribution in [0.25, 0.3) is 0 Å². The van der Waals surface area contributed by atoms with E-state index in [1.54, 1.807) is 11.1 Å². The number of anilines is 1. The molecule has 2 heterocycles. The predicted octanol–water partition coefficient (Wildman–Crippen LogP) is 1.92. The van der Waals surface area contributed by atoms with Gasteiger partial charge in [-0.2, -0.15) is 5.10 Å². The molecule has 2 N–H and O–H groups in total. The molecule has 6 nitrogen and oxygen atoms in total. The summed E-state index contributed by atoms with van der Waals surface area (Å²) in [7, 11) is 0. The van der Waals surface area contributed by atoms with Gasteiger partial charge in [0.2, 0.25) is 0 Å². The van der Waals surface area contributed by atoms with Crippen molar-refractivity contribution < 1.29 is 9.90 Å². The Kier molecular flexibility index (Phi) is 4.39. The SMILES string of the molecule is O=C(Nc1ccc(Cn2cccn2)cc1)N1CCC[C@@H](O)C1. The summed E-state index contributed by atoms with van der Waals surface area (Å²) < 4.78 is 1.85. The van der Waals surface area contributed by atoms with Gasteiger partial charge in [-0.1, -0.05) is 12.1 Å². The van der Waals surface area contributed by atoms with E-state index >= 15 is 0 Å². The Bertz CT molecular complexity index is 610. The molecule has 1 atom stereocenters. The fourth-order valence-corrected chi connectivity index (χ4v) is 2.62. The van der Waals surface area contributed by atoms with E-state index in [9.17, 15) is 9.90 Å². The molecule has 1 aromatic carbocycles. The maximum Gasteiger partial charge on any atom is 0.321 e. The van der Waals surface area contributed by atoms with Crippen molar-refractivity contribution in [3.05, 3.63) is 48.3 Å². The molecule has 0 spiro atoms. The minimum absolute atomic E-state index is 0.154. The lowest BCUT2D eigenvalue weighted by molar-refractivity contribution is 0.0883. The number of likely N-dealkylation sites (tertiary alicyclic amines) is 1. The average molecular weight is 300 g/mol. The summed E-state index contributed by atoms with van der Waals surface area (Å²) >= 11 is 0. The molecule has 116 valence electrons. The maximum atomic E-state index is 12.1. The van der Waals surface area contributed by atoms with Gasteiger partial charge in [0.15, 0.2) is 0 Å². The standard InChI is InChI=1S/C16H20N4O2/c21-15-3-1-9-19(12-15)16(22)18-14-6-4-13(5-7-14)11-20-10-2-8-17-20/h2,4-8,10,15,21H,1,3,9,11-12H2,(H,18,22)/t15-/m1/s1. The summed E-state index contributed by atoms with van der Waals surface area (Å²) in [5.41, 5.74) is 1.88. The van der Waals surface area contributed by atoms with Crippen LogP contribution in [0.15, 0.2) is 42.7 Å². The molecule has 0 aliphatic carbocycles. The van der Waals surface area contributed by atoms with Crippen LogP contribution in [-0.2, 0) is 6.54 Å². The number of β-amino-alcohol motifs (C(OH)–C–C–N with tert-alkyl or cyclic N) is 1. The van der Waals surface area contributed by atoms with Gasteiger partial charge in [-0.05, 0) is 36.6 Å². The third-order valence-electron chi connectivity index (χ3n) is 3.79. The number of hydrogen-bond donors (Lipinski definition) is 2. The van der Waals surface area contributed by atoms with Crippen LogP contribution >= 0.6 is 0 Å². The molecule has 1 aliphatic rings. The number of aliphatic hydroxyl groups excluding tert-OH is 1. The zero-order valence-electron chi connectivity index (χ0n) is 12.4. The highest BCUT2D eigenvalue weighted by Crippen LogP contribution is 2.14. The van der Waals surface area contributed by atoms with Crippen LogP contribution in [0.5, 0.6) is 0 Å². The second-order valence-corrected chi connectivity index (χ2v) is 5.57. The molecule has 0 saturated carbocycles. The number of aromatic nitrogens is 2. The average Bonchev–Trinajstić information content (AvgIpc) is 3.02. The van der Waals surface area contributed by atoms with E-state index in [4.69, 9.17) is 0 Å². The quantitative estimate of drug-likeness (QED) is 0.910. The van der Waals surface area contributed by atoms with Gasteiger partial charge in [0.05, 0.1) is 12.6 Å². The number of aliphatic hydroxyl groups is 1. The Hall–Kier alpha value is -2.34. The number of nitrogens with one attached hydrogen (secondary N) is 1. The van der Waals surface area contributed by atoms with Crippen molar-refractivity contribution in [1.82, 2.24) is 14.7 Å². The number of amides is 2. The molecule has 1 fully saturated rings. The first-order valence-electron chi connectivity index (χ1n) is 7.51. The summed E-state index contributed by atoms with van der Waals surface area (Å²) in [5, 5.41) is 16.7. The molecule has 2 aromatic rings. The first-order valence-corrected chi connectivity index (χ1v) is 7.51. The first kappa shape index (κ1) is 14.6. The van der Waals surface area contributed by atoms with Crippen molar-refractivity contribution in [1.29, 1.82) is 0 Å². The highest BCUT2D eigenvalue weighted by Gasteiger charge is 2.21.